The highest BCUT2D eigenvalue weighted by atomic mass is 16.4. The maximum absolute atomic E-state index is 10.7. The Morgan fingerprint density at radius 2 is 2.13 bits per heavy atom. The van der Waals surface area contributed by atoms with Crippen LogP contribution in [-0.2, 0) is 0 Å². The van der Waals surface area contributed by atoms with Crippen LogP contribution in [0.1, 0.15) is 30.0 Å². The third-order valence-corrected chi connectivity index (χ3v) is 2.25. The van der Waals surface area contributed by atoms with Crippen molar-refractivity contribution in [3.8, 4) is 0 Å². The second kappa shape index (κ2) is 4.25. The molecule has 0 aliphatic carbocycles. The van der Waals surface area contributed by atoms with E-state index in [0.29, 0.717) is 11.7 Å². The molecule has 1 aromatic heterocycles. The van der Waals surface area contributed by atoms with Crippen molar-refractivity contribution in [3.05, 3.63) is 17.6 Å². The van der Waals surface area contributed by atoms with Gasteiger partial charge in [-0.15, -0.1) is 0 Å². The Hall–Kier alpha value is -1.65. The Morgan fingerprint density at radius 1 is 1.53 bits per heavy atom. The standard InChI is InChI=1S/C10H15N3O2/c1-6(2)13(4)9-7(3)12-8(5-11-9)10(14)15/h5-6H,1-4H3,(H,14,15). The molecule has 0 aromatic carbocycles. The summed E-state index contributed by atoms with van der Waals surface area (Å²) in [4.78, 5) is 20.7. The lowest BCUT2D eigenvalue weighted by Crippen LogP contribution is -2.28. The summed E-state index contributed by atoms with van der Waals surface area (Å²) in [7, 11) is 1.90. The first-order valence-electron chi connectivity index (χ1n) is 4.73. The molecule has 0 atom stereocenters. The number of anilines is 1. The van der Waals surface area contributed by atoms with Crippen LogP contribution in [0.2, 0.25) is 0 Å². The quantitative estimate of drug-likeness (QED) is 0.813. The molecule has 0 fully saturated rings. The van der Waals surface area contributed by atoms with Crippen molar-refractivity contribution < 1.29 is 9.90 Å². The fraction of sp³-hybridized carbons (Fsp3) is 0.500. The normalized spacial score (nSPS) is 10.5. The monoisotopic (exact) mass is 209 g/mol. The van der Waals surface area contributed by atoms with Crippen molar-refractivity contribution in [2.45, 2.75) is 26.8 Å². The first-order chi connectivity index (χ1) is 6.93. The highest BCUT2D eigenvalue weighted by Gasteiger charge is 2.13. The first-order valence-corrected chi connectivity index (χ1v) is 4.73. The van der Waals surface area contributed by atoms with Crippen LogP contribution in [0.4, 0.5) is 5.82 Å². The average molecular weight is 209 g/mol. The largest absolute Gasteiger partial charge is 0.476 e. The Bertz CT molecular complexity index is 377. The minimum atomic E-state index is -1.05. The molecule has 0 amide bonds. The van der Waals surface area contributed by atoms with Crippen molar-refractivity contribution in [3.63, 3.8) is 0 Å². The maximum Gasteiger partial charge on any atom is 0.356 e. The van der Waals surface area contributed by atoms with Crippen molar-refractivity contribution in [2.75, 3.05) is 11.9 Å². The molecule has 1 N–H and O–H groups in total. The number of carboxylic acids is 1. The molecule has 0 aliphatic rings. The van der Waals surface area contributed by atoms with Crippen LogP contribution in [0.3, 0.4) is 0 Å². The summed E-state index contributed by atoms with van der Waals surface area (Å²) in [5.74, 6) is -0.334. The van der Waals surface area contributed by atoms with E-state index in [2.05, 4.69) is 9.97 Å². The topological polar surface area (TPSA) is 66.3 Å². The van der Waals surface area contributed by atoms with Gasteiger partial charge in [0.15, 0.2) is 5.69 Å². The molecule has 1 heterocycles. The second-order valence-electron chi connectivity index (χ2n) is 3.67. The van der Waals surface area contributed by atoms with E-state index >= 15 is 0 Å². The zero-order valence-electron chi connectivity index (χ0n) is 9.35. The van der Waals surface area contributed by atoms with Gasteiger partial charge in [0.1, 0.15) is 5.82 Å². The number of carbonyl (C=O) groups is 1. The van der Waals surface area contributed by atoms with Gasteiger partial charge in [-0.05, 0) is 20.8 Å². The second-order valence-corrected chi connectivity index (χ2v) is 3.67. The molecule has 15 heavy (non-hydrogen) atoms. The molecule has 0 aliphatic heterocycles. The number of hydrogen-bond acceptors (Lipinski definition) is 4. The lowest BCUT2D eigenvalue weighted by atomic mass is 10.3. The minimum Gasteiger partial charge on any atom is -0.476 e. The van der Waals surface area contributed by atoms with E-state index in [4.69, 9.17) is 5.11 Å². The Labute approximate surface area is 88.8 Å². The molecule has 1 rings (SSSR count). The number of aromatic nitrogens is 2. The lowest BCUT2D eigenvalue weighted by Gasteiger charge is -2.23. The zero-order valence-corrected chi connectivity index (χ0v) is 9.35. The van der Waals surface area contributed by atoms with E-state index in [-0.39, 0.29) is 5.69 Å². The Balaban J connectivity index is 3.08. The van der Waals surface area contributed by atoms with Crippen molar-refractivity contribution in [2.24, 2.45) is 0 Å². The van der Waals surface area contributed by atoms with E-state index in [1.54, 1.807) is 6.92 Å². The van der Waals surface area contributed by atoms with Gasteiger partial charge in [0.05, 0.1) is 11.9 Å². The SMILES string of the molecule is Cc1nc(C(=O)O)cnc1N(C)C(C)C. The van der Waals surface area contributed by atoms with Crippen LogP contribution in [0, 0.1) is 6.92 Å². The number of nitrogens with zero attached hydrogens (tertiary/aromatic N) is 3. The Kier molecular flexibility index (Phi) is 3.24. The summed E-state index contributed by atoms with van der Waals surface area (Å²) in [5.41, 5.74) is 0.611. The van der Waals surface area contributed by atoms with Gasteiger partial charge in [-0.1, -0.05) is 0 Å². The summed E-state index contributed by atoms with van der Waals surface area (Å²) >= 11 is 0. The fourth-order valence-corrected chi connectivity index (χ4v) is 1.17. The smallest absolute Gasteiger partial charge is 0.356 e. The van der Waals surface area contributed by atoms with E-state index < -0.39 is 5.97 Å². The van der Waals surface area contributed by atoms with Gasteiger partial charge in [-0.3, -0.25) is 0 Å². The molecular formula is C10H15N3O2. The van der Waals surface area contributed by atoms with Crippen molar-refractivity contribution in [1.29, 1.82) is 0 Å². The summed E-state index contributed by atoms with van der Waals surface area (Å²) < 4.78 is 0. The third kappa shape index (κ3) is 2.43. The van der Waals surface area contributed by atoms with Gasteiger partial charge in [0.2, 0.25) is 0 Å². The summed E-state index contributed by atoms with van der Waals surface area (Å²) in [6, 6.07) is 0.300. The number of carboxylic acid groups (broad SMARTS) is 1. The molecular weight excluding hydrogens is 194 g/mol. The van der Waals surface area contributed by atoms with E-state index in [1.807, 2.05) is 25.8 Å². The van der Waals surface area contributed by atoms with Gasteiger partial charge in [0.25, 0.3) is 0 Å². The molecule has 0 unspecified atom stereocenters. The predicted molar refractivity (Wildman–Crippen MR) is 57.3 cm³/mol. The Morgan fingerprint density at radius 3 is 2.53 bits per heavy atom. The van der Waals surface area contributed by atoms with E-state index in [9.17, 15) is 4.79 Å². The molecule has 5 nitrogen and oxygen atoms in total. The van der Waals surface area contributed by atoms with Gasteiger partial charge in [-0.2, -0.15) is 0 Å². The van der Waals surface area contributed by atoms with Crippen LogP contribution >= 0.6 is 0 Å². The van der Waals surface area contributed by atoms with E-state index in [1.165, 1.54) is 6.20 Å². The first kappa shape index (κ1) is 11.4. The van der Waals surface area contributed by atoms with Crippen LogP contribution in [0.15, 0.2) is 6.20 Å². The molecule has 0 spiro atoms. The lowest BCUT2D eigenvalue weighted by molar-refractivity contribution is 0.0689. The molecule has 1 aromatic rings. The van der Waals surface area contributed by atoms with Gasteiger partial charge in [0, 0.05) is 13.1 Å². The summed E-state index contributed by atoms with van der Waals surface area (Å²) in [6.07, 6.45) is 1.28. The zero-order chi connectivity index (χ0) is 11.6. The number of aryl methyl sites for hydroxylation is 1. The van der Waals surface area contributed by atoms with Gasteiger partial charge in [-0.25, -0.2) is 14.8 Å². The highest BCUT2D eigenvalue weighted by molar-refractivity contribution is 5.85. The predicted octanol–water partition coefficient (Wildman–Crippen LogP) is 1.33. The molecule has 0 saturated heterocycles. The fourth-order valence-electron chi connectivity index (χ4n) is 1.17. The third-order valence-electron chi connectivity index (χ3n) is 2.25. The molecule has 0 bridgehead atoms. The minimum absolute atomic E-state index is 0.0200. The molecule has 0 radical (unpaired) electrons. The average Bonchev–Trinajstić information content (AvgIpc) is 2.16. The molecule has 0 saturated carbocycles. The van der Waals surface area contributed by atoms with Crippen LogP contribution in [0.25, 0.3) is 0 Å². The maximum atomic E-state index is 10.7. The van der Waals surface area contributed by atoms with Crippen molar-refractivity contribution >= 4 is 11.8 Å². The number of hydrogen-bond donors (Lipinski definition) is 1. The molecule has 5 heteroatoms. The molecule has 82 valence electrons. The summed E-state index contributed by atoms with van der Waals surface area (Å²) in [5, 5.41) is 8.73. The van der Waals surface area contributed by atoms with Crippen LogP contribution in [0.5, 0.6) is 0 Å². The number of aromatic carboxylic acids is 1. The highest BCUT2D eigenvalue weighted by Crippen LogP contribution is 2.15. The van der Waals surface area contributed by atoms with Crippen molar-refractivity contribution in [1.82, 2.24) is 9.97 Å². The number of rotatable bonds is 3. The van der Waals surface area contributed by atoms with Gasteiger partial charge >= 0.3 is 5.97 Å². The summed E-state index contributed by atoms with van der Waals surface area (Å²) in [6.45, 7) is 5.83. The van der Waals surface area contributed by atoms with Gasteiger partial charge < -0.3 is 10.0 Å². The van der Waals surface area contributed by atoms with Crippen LogP contribution < -0.4 is 4.90 Å². The van der Waals surface area contributed by atoms with E-state index in [0.717, 1.165) is 5.82 Å². The van der Waals surface area contributed by atoms with Crippen LogP contribution in [-0.4, -0.2) is 34.1 Å².